The van der Waals surface area contributed by atoms with E-state index in [2.05, 4.69) is 5.32 Å². The number of fused-ring (bicyclic) bond motifs is 1. The van der Waals surface area contributed by atoms with Crippen molar-refractivity contribution in [3.63, 3.8) is 0 Å². The summed E-state index contributed by atoms with van der Waals surface area (Å²) in [5.41, 5.74) is 1.16. The van der Waals surface area contributed by atoms with Crippen LogP contribution in [0.2, 0.25) is 5.02 Å². The lowest BCUT2D eigenvalue weighted by atomic mass is 10.2. The van der Waals surface area contributed by atoms with Crippen LogP contribution in [0.25, 0.3) is 16.6 Å². The van der Waals surface area contributed by atoms with E-state index < -0.39 is 0 Å². The second-order valence-corrected chi connectivity index (χ2v) is 6.58. The van der Waals surface area contributed by atoms with E-state index in [0.717, 1.165) is 11.4 Å². The van der Waals surface area contributed by atoms with E-state index in [1.54, 1.807) is 37.0 Å². The van der Waals surface area contributed by atoms with Crippen LogP contribution in [-0.4, -0.2) is 36.9 Å². The third-order valence-electron chi connectivity index (χ3n) is 4.33. The number of nitrogens with zero attached hydrogens (tertiary/aromatic N) is 2. The van der Waals surface area contributed by atoms with Gasteiger partial charge in [-0.25, -0.2) is 4.98 Å². The number of halogens is 1. The van der Waals surface area contributed by atoms with Crippen LogP contribution in [-0.2, 0) is 4.74 Å². The molecular formula is C20H22ClN3O3. The molecule has 0 spiro atoms. The van der Waals surface area contributed by atoms with Crippen LogP contribution in [0.1, 0.15) is 18.8 Å². The number of methoxy groups -OCH3 is 2. The van der Waals surface area contributed by atoms with Crippen LogP contribution in [0.5, 0.6) is 5.75 Å². The third-order valence-corrected chi connectivity index (χ3v) is 4.57. The van der Waals surface area contributed by atoms with E-state index in [-0.39, 0.29) is 11.6 Å². The SMILES string of the molecule is COCCN[C@H](C)c1nc2cc(Cl)ccc2c(=O)n1-c1ccc(OC)cc1. The Balaban J connectivity index is 2.18. The van der Waals surface area contributed by atoms with Gasteiger partial charge in [0.1, 0.15) is 11.6 Å². The Morgan fingerprint density at radius 2 is 1.93 bits per heavy atom. The van der Waals surface area contributed by atoms with Crippen LogP contribution in [0.3, 0.4) is 0 Å². The molecule has 1 atom stereocenters. The van der Waals surface area contributed by atoms with Crippen molar-refractivity contribution in [1.82, 2.24) is 14.9 Å². The van der Waals surface area contributed by atoms with Crippen LogP contribution in [0.15, 0.2) is 47.3 Å². The summed E-state index contributed by atoms with van der Waals surface area (Å²) in [6.45, 7) is 3.17. The van der Waals surface area contributed by atoms with Crippen molar-refractivity contribution in [3.8, 4) is 11.4 Å². The fraction of sp³-hybridized carbons (Fsp3) is 0.300. The van der Waals surface area contributed by atoms with Crippen LogP contribution in [0, 0.1) is 0 Å². The van der Waals surface area contributed by atoms with Gasteiger partial charge in [0.25, 0.3) is 5.56 Å². The minimum Gasteiger partial charge on any atom is -0.497 e. The molecule has 3 rings (SSSR count). The van der Waals surface area contributed by atoms with Crippen molar-refractivity contribution >= 4 is 22.5 Å². The Bertz CT molecular complexity index is 986. The van der Waals surface area contributed by atoms with Gasteiger partial charge in [-0.15, -0.1) is 0 Å². The summed E-state index contributed by atoms with van der Waals surface area (Å²) < 4.78 is 11.9. The predicted molar refractivity (Wildman–Crippen MR) is 107 cm³/mol. The summed E-state index contributed by atoms with van der Waals surface area (Å²) in [5.74, 6) is 1.33. The molecule has 0 aliphatic carbocycles. The minimum atomic E-state index is -0.168. The van der Waals surface area contributed by atoms with Crippen molar-refractivity contribution in [2.45, 2.75) is 13.0 Å². The maximum atomic E-state index is 13.2. The molecule has 1 heterocycles. The standard InChI is InChI=1S/C20H22ClN3O3/c1-13(22-10-11-26-2)19-23-18-12-14(21)4-9-17(18)20(25)24(19)15-5-7-16(27-3)8-6-15/h4-9,12-13,22H,10-11H2,1-3H3/t13-/m1/s1. The number of nitrogens with one attached hydrogen (secondary N) is 1. The van der Waals surface area contributed by atoms with Crippen LogP contribution >= 0.6 is 11.6 Å². The molecule has 0 unspecified atom stereocenters. The molecule has 1 aromatic heterocycles. The van der Waals surface area contributed by atoms with Gasteiger partial charge in [-0.1, -0.05) is 11.6 Å². The van der Waals surface area contributed by atoms with E-state index >= 15 is 0 Å². The summed E-state index contributed by atoms with van der Waals surface area (Å²) in [7, 11) is 3.26. The lowest BCUT2D eigenvalue weighted by Crippen LogP contribution is -2.31. The van der Waals surface area contributed by atoms with Crippen molar-refractivity contribution in [3.05, 3.63) is 63.7 Å². The van der Waals surface area contributed by atoms with Crippen molar-refractivity contribution in [2.24, 2.45) is 0 Å². The highest BCUT2D eigenvalue weighted by atomic mass is 35.5. The Labute approximate surface area is 162 Å². The first kappa shape index (κ1) is 19.4. The minimum absolute atomic E-state index is 0.141. The monoisotopic (exact) mass is 387 g/mol. The predicted octanol–water partition coefficient (Wildman–Crippen LogP) is 3.34. The van der Waals surface area contributed by atoms with E-state index in [9.17, 15) is 4.79 Å². The zero-order valence-electron chi connectivity index (χ0n) is 15.5. The first-order valence-corrected chi connectivity index (χ1v) is 9.02. The molecule has 0 saturated heterocycles. The Kier molecular flexibility index (Phi) is 6.11. The molecule has 27 heavy (non-hydrogen) atoms. The van der Waals surface area contributed by atoms with Crippen molar-refractivity contribution in [2.75, 3.05) is 27.4 Å². The van der Waals surface area contributed by atoms with E-state index in [1.165, 1.54) is 0 Å². The van der Waals surface area contributed by atoms with Gasteiger partial charge in [0.05, 0.1) is 36.3 Å². The highest BCUT2D eigenvalue weighted by Gasteiger charge is 2.18. The third kappa shape index (κ3) is 4.13. The summed E-state index contributed by atoms with van der Waals surface area (Å²) in [4.78, 5) is 18.0. The van der Waals surface area contributed by atoms with Crippen molar-refractivity contribution in [1.29, 1.82) is 0 Å². The molecule has 0 radical (unpaired) electrons. The highest BCUT2D eigenvalue weighted by Crippen LogP contribution is 2.22. The summed E-state index contributed by atoms with van der Waals surface area (Å²) in [6, 6.07) is 12.3. The normalized spacial score (nSPS) is 12.3. The van der Waals surface area contributed by atoms with Gasteiger partial charge >= 0.3 is 0 Å². The highest BCUT2D eigenvalue weighted by molar-refractivity contribution is 6.31. The second kappa shape index (κ2) is 8.52. The zero-order chi connectivity index (χ0) is 19.4. The first-order chi connectivity index (χ1) is 13.0. The first-order valence-electron chi connectivity index (χ1n) is 8.64. The maximum absolute atomic E-state index is 13.2. The van der Waals surface area contributed by atoms with Crippen LogP contribution < -0.4 is 15.6 Å². The summed E-state index contributed by atoms with van der Waals surface area (Å²) in [5, 5.41) is 4.39. The molecular weight excluding hydrogens is 366 g/mol. The maximum Gasteiger partial charge on any atom is 0.266 e. The van der Waals surface area contributed by atoms with Gasteiger partial charge in [-0.3, -0.25) is 9.36 Å². The van der Waals surface area contributed by atoms with Crippen LogP contribution in [0.4, 0.5) is 0 Å². The van der Waals surface area contributed by atoms with Gasteiger partial charge in [-0.05, 0) is 49.4 Å². The molecule has 6 nitrogen and oxygen atoms in total. The molecule has 0 aliphatic rings. The lowest BCUT2D eigenvalue weighted by Gasteiger charge is -2.20. The van der Waals surface area contributed by atoms with Gasteiger partial charge < -0.3 is 14.8 Å². The molecule has 1 N–H and O–H groups in total. The number of ether oxygens (including phenoxy) is 2. The Morgan fingerprint density at radius 1 is 1.19 bits per heavy atom. The molecule has 2 aromatic carbocycles. The average Bonchev–Trinajstić information content (AvgIpc) is 2.68. The van der Waals surface area contributed by atoms with Gasteiger partial charge in [0, 0.05) is 18.7 Å². The van der Waals surface area contributed by atoms with Gasteiger partial charge in [0.2, 0.25) is 0 Å². The fourth-order valence-electron chi connectivity index (χ4n) is 2.92. The van der Waals surface area contributed by atoms with E-state index in [4.69, 9.17) is 26.1 Å². The molecule has 0 aliphatic heterocycles. The number of hydrogen-bond acceptors (Lipinski definition) is 5. The van der Waals surface area contributed by atoms with E-state index in [1.807, 2.05) is 31.2 Å². The number of hydrogen-bond donors (Lipinski definition) is 1. The molecule has 142 valence electrons. The molecule has 3 aromatic rings. The molecule has 7 heteroatoms. The Hall–Kier alpha value is -2.41. The topological polar surface area (TPSA) is 65.4 Å². The number of rotatable bonds is 7. The molecule has 0 bridgehead atoms. The number of benzene rings is 2. The van der Waals surface area contributed by atoms with Gasteiger partial charge in [-0.2, -0.15) is 0 Å². The average molecular weight is 388 g/mol. The summed E-state index contributed by atoms with van der Waals surface area (Å²) in [6.07, 6.45) is 0. The molecule has 0 fully saturated rings. The molecule has 0 amide bonds. The largest absolute Gasteiger partial charge is 0.497 e. The lowest BCUT2D eigenvalue weighted by molar-refractivity contribution is 0.196. The van der Waals surface area contributed by atoms with Crippen molar-refractivity contribution < 1.29 is 9.47 Å². The fourth-order valence-corrected chi connectivity index (χ4v) is 3.08. The van der Waals surface area contributed by atoms with Gasteiger partial charge in [0.15, 0.2) is 0 Å². The smallest absolute Gasteiger partial charge is 0.266 e. The number of aromatic nitrogens is 2. The molecule has 0 saturated carbocycles. The summed E-state index contributed by atoms with van der Waals surface area (Å²) >= 11 is 6.10. The quantitative estimate of drug-likeness (QED) is 0.630. The van der Waals surface area contributed by atoms with E-state index in [0.29, 0.717) is 34.9 Å². The Morgan fingerprint density at radius 3 is 2.59 bits per heavy atom. The zero-order valence-corrected chi connectivity index (χ0v) is 16.3. The second-order valence-electron chi connectivity index (χ2n) is 6.14.